The van der Waals surface area contributed by atoms with Crippen LogP contribution in [0.15, 0.2) is 30.5 Å². The Hall–Kier alpha value is -1.32. The molecule has 2 rings (SSSR count). The molecule has 0 saturated carbocycles. The van der Waals surface area contributed by atoms with E-state index in [0.29, 0.717) is 6.04 Å². The van der Waals surface area contributed by atoms with Gasteiger partial charge in [-0.05, 0) is 35.6 Å². The van der Waals surface area contributed by atoms with Crippen LogP contribution in [0.5, 0.6) is 0 Å². The first-order valence-electron chi connectivity index (χ1n) is 7.01. The Kier molecular flexibility index (Phi) is 5.00. The molecule has 1 heterocycles. The number of ether oxygens (including phenoxy) is 1. The second-order valence-electron chi connectivity index (χ2n) is 5.28. The van der Waals surface area contributed by atoms with E-state index in [1.165, 1.54) is 16.5 Å². The molecule has 0 aliphatic carbocycles. The molecule has 1 aromatic heterocycles. The summed E-state index contributed by atoms with van der Waals surface area (Å²) in [5.41, 5.74) is 2.65. The number of methoxy groups -OCH3 is 1. The summed E-state index contributed by atoms with van der Waals surface area (Å²) in [5, 5.41) is 4.77. The number of nitrogens with zero attached hydrogens (tertiary/aromatic N) is 1. The molecular formula is C16H24N2O. The number of fused-ring (bicyclic) bond motifs is 1. The molecule has 0 aliphatic heterocycles. The Morgan fingerprint density at radius 3 is 2.84 bits per heavy atom. The van der Waals surface area contributed by atoms with E-state index in [2.05, 4.69) is 54.2 Å². The highest BCUT2D eigenvalue weighted by atomic mass is 16.5. The van der Waals surface area contributed by atoms with Gasteiger partial charge in [-0.25, -0.2) is 0 Å². The fourth-order valence-corrected chi connectivity index (χ4v) is 2.26. The van der Waals surface area contributed by atoms with Crippen LogP contribution in [-0.2, 0) is 17.8 Å². The third-order valence-electron chi connectivity index (χ3n) is 3.30. The maximum atomic E-state index is 5.10. The van der Waals surface area contributed by atoms with Crippen LogP contribution < -0.4 is 5.32 Å². The molecule has 0 unspecified atom stereocenters. The van der Waals surface area contributed by atoms with Crippen LogP contribution >= 0.6 is 0 Å². The highest BCUT2D eigenvalue weighted by Gasteiger charge is 2.02. The average molecular weight is 260 g/mol. The van der Waals surface area contributed by atoms with Crippen LogP contribution in [0.4, 0.5) is 0 Å². The molecule has 0 spiro atoms. The van der Waals surface area contributed by atoms with Crippen molar-refractivity contribution in [3.63, 3.8) is 0 Å². The van der Waals surface area contributed by atoms with Gasteiger partial charge in [0, 0.05) is 44.6 Å². The zero-order valence-electron chi connectivity index (χ0n) is 12.1. The highest BCUT2D eigenvalue weighted by Crippen LogP contribution is 2.18. The second-order valence-corrected chi connectivity index (χ2v) is 5.28. The lowest BCUT2D eigenvalue weighted by Crippen LogP contribution is -2.21. The van der Waals surface area contributed by atoms with Crippen molar-refractivity contribution in [2.75, 3.05) is 13.7 Å². The molecule has 0 radical (unpaired) electrons. The summed E-state index contributed by atoms with van der Waals surface area (Å²) in [7, 11) is 1.75. The average Bonchev–Trinajstić information content (AvgIpc) is 2.79. The van der Waals surface area contributed by atoms with Gasteiger partial charge in [-0.2, -0.15) is 0 Å². The first kappa shape index (κ1) is 14.1. The molecule has 0 aliphatic rings. The van der Waals surface area contributed by atoms with Gasteiger partial charge < -0.3 is 14.6 Å². The summed E-state index contributed by atoms with van der Waals surface area (Å²) in [4.78, 5) is 0. The molecule has 0 bridgehead atoms. The van der Waals surface area contributed by atoms with Gasteiger partial charge >= 0.3 is 0 Å². The molecule has 2 aromatic rings. The lowest BCUT2D eigenvalue weighted by molar-refractivity contribution is 0.190. The second kappa shape index (κ2) is 6.73. The van der Waals surface area contributed by atoms with E-state index in [1.54, 1.807) is 7.11 Å². The standard InChI is InChI=1S/C16H24N2O/c1-13(2)17-12-14-5-6-16-15(11-14)7-9-18(16)8-4-10-19-3/h5-7,9,11,13,17H,4,8,10,12H2,1-3H3. The lowest BCUT2D eigenvalue weighted by Gasteiger charge is -2.09. The van der Waals surface area contributed by atoms with Crippen molar-refractivity contribution in [1.82, 2.24) is 9.88 Å². The zero-order valence-corrected chi connectivity index (χ0v) is 12.1. The maximum absolute atomic E-state index is 5.10. The number of rotatable bonds is 7. The largest absolute Gasteiger partial charge is 0.385 e. The van der Waals surface area contributed by atoms with Crippen molar-refractivity contribution < 1.29 is 4.74 Å². The molecule has 0 atom stereocenters. The Bertz CT molecular complexity index is 516. The first-order chi connectivity index (χ1) is 9.20. The van der Waals surface area contributed by atoms with Gasteiger partial charge in [0.05, 0.1) is 0 Å². The van der Waals surface area contributed by atoms with E-state index >= 15 is 0 Å². The Morgan fingerprint density at radius 1 is 1.26 bits per heavy atom. The van der Waals surface area contributed by atoms with Crippen LogP contribution in [0.3, 0.4) is 0 Å². The molecule has 0 amide bonds. The van der Waals surface area contributed by atoms with Crippen LogP contribution in [0.25, 0.3) is 10.9 Å². The third-order valence-corrected chi connectivity index (χ3v) is 3.30. The Labute approximate surface area is 115 Å². The molecule has 3 heteroatoms. The Balaban J connectivity index is 2.08. The fourth-order valence-electron chi connectivity index (χ4n) is 2.26. The topological polar surface area (TPSA) is 26.2 Å². The zero-order chi connectivity index (χ0) is 13.7. The van der Waals surface area contributed by atoms with Crippen molar-refractivity contribution in [1.29, 1.82) is 0 Å². The molecule has 0 saturated heterocycles. The predicted octanol–water partition coefficient (Wildman–Crippen LogP) is 3.18. The van der Waals surface area contributed by atoms with E-state index in [-0.39, 0.29) is 0 Å². The van der Waals surface area contributed by atoms with E-state index in [1.807, 2.05) is 0 Å². The normalized spacial score (nSPS) is 11.6. The SMILES string of the molecule is COCCCn1ccc2cc(CNC(C)C)ccc21. The molecule has 3 nitrogen and oxygen atoms in total. The highest BCUT2D eigenvalue weighted by molar-refractivity contribution is 5.80. The number of aromatic nitrogens is 1. The van der Waals surface area contributed by atoms with Gasteiger partial charge in [-0.1, -0.05) is 19.9 Å². The molecule has 104 valence electrons. The van der Waals surface area contributed by atoms with Crippen LogP contribution in [0.2, 0.25) is 0 Å². The third kappa shape index (κ3) is 3.82. The number of aryl methyl sites for hydroxylation is 1. The smallest absolute Gasteiger partial charge is 0.0480 e. The van der Waals surface area contributed by atoms with E-state index in [9.17, 15) is 0 Å². The summed E-state index contributed by atoms with van der Waals surface area (Å²) < 4.78 is 7.40. The molecule has 19 heavy (non-hydrogen) atoms. The molecule has 1 aromatic carbocycles. The van der Waals surface area contributed by atoms with Crippen LogP contribution in [0, 0.1) is 0 Å². The molecular weight excluding hydrogens is 236 g/mol. The van der Waals surface area contributed by atoms with Crippen molar-refractivity contribution in [2.24, 2.45) is 0 Å². The monoisotopic (exact) mass is 260 g/mol. The van der Waals surface area contributed by atoms with Crippen molar-refractivity contribution >= 4 is 10.9 Å². The summed E-state index contributed by atoms with van der Waals surface area (Å²) in [6.45, 7) is 7.11. The quantitative estimate of drug-likeness (QED) is 0.774. The lowest BCUT2D eigenvalue weighted by atomic mass is 10.1. The summed E-state index contributed by atoms with van der Waals surface area (Å²) in [5.74, 6) is 0. The van der Waals surface area contributed by atoms with Gasteiger partial charge in [0.15, 0.2) is 0 Å². The minimum absolute atomic E-state index is 0.523. The van der Waals surface area contributed by atoms with Gasteiger partial charge in [-0.15, -0.1) is 0 Å². The number of hydrogen-bond donors (Lipinski definition) is 1. The van der Waals surface area contributed by atoms with Gasteiger partial charge in [-0.3, -0.25) is 0 Å². The minimum Gasteiger partial charge on any atom is -0.385 e. The van der Waals surface area contributed by atoms with Gasteiger partial charge in [0.2, 0.25) is 0 Å². The predicted molar refractivity (Wildman–Crippen MR) is 80.4 cm³/mol. The summed E-state index contributed by atoms with van der Waals surface area (Å²) in [6.07, 6.45) is 3.22. The van der Waals surface area contributed by atoms with E-state index in [0.717, 1.165) is 26.1 Å². The van der Waals surface area contributed by atoms with Crippen LogP contribution in [-0.4, -0.2) is 24.3 Å². The number of nitrogens with one attached hydrogen (secondary N) is 1. The van der Waals surface area contributed by atoms with Gasteiger partial charge in [0.25, 0.3) is 0 Å². The van der Waals surface area contributed by atoms with Crippen molar-refractivity contribution in [3.05, 3.63) is 36.0 Å². The van der Waals surface area contributed by atoms with Crippen molar-refractivity contribution in [2.45, 2.75) is 39.4 Å². The van der Waals surface area contributed by atoms with E-state index in [4.69, 9.17) is 4.74 Å². The minimum atomic E-state index is 0.523. The van der Waals surface area contributed by atoms with E-state index < -0.39 is 0 Å². The molecule has 1 N–H and O–H groups in total. The fraction of sp³-hybridized carbons (Fsp3) is 0.500. The summed E-state index contributed by atoms with van der Waals surface area (Å²) >= 11 is 0. The Morgan fingerprint density at radius 2 is 2.11 bits per heavy atom. The van der Waals surface area contributed by atoms with Crippen molar-refractivity contribution in [3.8, 4) is 0 Å². The van der Waals surface area contributed by atoms with Gasteiger partial charge in [0.1, 0.15) is 0 Å². The summed E-state index contributed by atoms with van der Waals surface area (Å²) in [6, 6.07) is 9.43. The number of hydrogen-bond acceptors (Lipinski definition) is 2. The molecule has 0 fully saturated rings. The number of benzene rings is 1. The van der Waals surface area contributed by atoms with Crippen LogP contribution in [0.1, 0.15) is 25.8 Å². The maximum Gasteiger partial charge on any atom is 0.0480 e. The first-order valence-corrected chi connectivity index (χ1v) is 7.01.